The number of nitrogens with one attached hydrogen (secondary N) is 4. The SMILES string of the molecule is CC(=O)Nc1ccccc1NC(=O)C/C(C)=N/NC(=O)C(=O)NC(C)(C)C. The van der Waals surface area contributed by atoms with Crippen molar-refractivity contribution in [3.63, 3.8) is 0 Å². The molecule has 0 saturated carbocycles. The van der Waals surface area contributed by atoms with E-state index in [2.05, 4.69) is 26.5 Å². The van der Waals surface area contributed by atoms with Gasteiger partial charge < -0.3 is 16.0 Å². The standard InChI is InChI=1S/C18H25N5O4/c1-11(22-23-17(27)16(26)21-18(3,4)5)10-15(25)20-14-9-7-6-8-13(14)19-12(2)24/h6-9H,10H2,1-5H3,(H,19,24)(H,20,25)(H,21,26)(H,23,27)/b22-11+. The first-order valence-electron chi connectivity index (χ1n) is 8.30. The van der Waals surface area contributed by atoms with Crippen LogP contribution in [0.25, 0.3) is 0 Å². The van der Waals surface area contributed by atoms with Crippen LogP contribution in [0, 0.1) is 0 Å². The number of benzene rings is 1. The molecule has 9 heteroatoms. The lowest BCUT2D eigenvalue weighted by Crippen LogP contribution is -2.47. The highest BCUT2D eigenvalue weighted by Gasteiger charge is 2.20. The quantitative estimate of drug-likeness (QED) is 0.352. The minimum Gasteiger partial charge on any atom is -0.343 e. The number of hydrogen-bond donors (Lipinski definition) is 4. The number of nitrogens with zero attached hydrogens (tertiary/aromatic N) is 1. The molecule has 0 saturated heterocycles. The molecule has 0 atom stereocenters. The van der Waals surface area contributed by atoms with E-state index in [0.717, 1.165) is 0 Å². The summed E-state index contributed by atoms with van der Waals surface area (Å²) in [6, 6.07) is 6.75. The molecule has 27 heavy (non-hydrogen) atoms. The Bertz CT molecular complexity index is 765. The maximum absolute atomic E-state index is 12.1. The lowest BCUT2D eigenvalue weighted by atomic mass is 10.1. The Kier molecular flexibility index (Phi) is 7.64. The number of anilines is 2. The average molecular weight is 375 g/mol. The topological polar surface area (TPSA) is 129 Å². The van der Waals surface area contributed by atoms with Crippen LogP contribution in [0.2, 0.25) is 0 Å². The van der Waals surface area contributed by atoms with Crippen molar-refractivity contribution in [2.75, 3.05) is 10.6 Å². The van der Waals surface area contributed by atoms with Gasteiger partial charge in [0.15, 0.2) is 0 Å². The van der Waals surface area contributed by atoms with Crippen LogP contribution in [0.5, 0.6) is 0 Å². The van der Waals surface area contributed by atoms with E-state index in [1.165, 1.54) is 6.92 Å². The van der Waals surface area contributed by atoms with E-state index in [4.69, 9.17) is 0 Å². The molecular formula is C18H25N5O4. The van der Waals surface area contributed by atoms with Gasteiger partial charge in [0.05, 0.1) is 17.8 Å². The van der Waals surface area contributed by atoms with E-state index in [1.54, 1.807) is 52.0 Å². The molecule has 146 valence electrons. The minimum absolute atomic E-state index is 0.102. The summed E-state index contributed by atoms with van der Waals surface area (Å²) in [4.78, 5) is 46.7. The van der Waals surface area contributed by atoms with Crippen molar-refractivity contribution in [1.29, 1.82) is 0 Å². The highest BCUT2D eigenvalue weighted by molar-refractivity contribution is 6.35. The Labute approximate surface area is 158 Å². The van der Waals surface area contributed by atoms with Crippen molar-refractivity contribution >= 4 is 40.7 Å². The van der Waals surface area contributed by atoms with E-state index in [-0.39, 0.29) is 18.2 Å². The largest absolute Gasteiger partial charge is 0.343 e. The minimum atomic E-state index is -0.916. The molecule has 4 N–H and O–H groups in total. The Morgan fingerprint density at radius 2 is 1.48 bits per heavy atom. The summed E-state index contributed by atoms with van der Waals surface area (Å²) in [6.45, 7) is 8.15. The number of amides is 4. The number of rotatable bonds is 5. The fraction of sp³-hybridized carbons (Fsp3) is 0.389. The summed E-state index contributed by atoms with van der Waals surface area (Å²) in [6.07, 6.45) is -0.102. The Morgan fingerprint density at radius 1 is 0.926 bits per heavy atom. The normalized spacial score (nSPS) is 11.4. The van der Waals surface area contributed by atoms with Gasteiger partial charge in [0.2, 0.25) is 11.8 Å². The number of para-hydroxylation sites is 2. The van der Waals surface area contributed by atoms with Gasteiger partial charge in [0.25, 0.3) is 0 Å². The van der Waals surface area contributed by atoms with E-state index in [1.807, 2.05) is 0 Å². The van der Waals surface area contributed by atoms with E-state index in [9.17, 15) is 19.2 Å². The fourth-order valence-corrected chi connectivity index (χ4v) is 1.95. The van der Waals surface area contributed by atoms with Crippen LogP contribution in [0.3, 0.4) is 0 Å². The van der Waals surface area contributed by atoms with Gasteiger partial charge in [-0.1, -0.05) is 12.1 Å². The van der Waals surface area contributed by atoms with E-state index >= 15 is 0 Å². The zero-order chi connectivity index (χ0) is 20.6. The lowest BCUT2D eigenvalue weighted by Gasteiger charge is -2.19. The summed E-state index contributed by atoms with van der Waals surface area (Å²) in [5.41, 5.74) is 2.79. The second-order valence-electron chi connectivity index (χ2n) is 6.94. The van der Waals surface area contributed by atoms with Gasteiger partial charge in [-0.3, -0.25) is 19.2 Å². The first-order valence-corrected chi connectivity index (χ1v) is 8.30. The van der Waals surface area contributed by atoms with Crippen molar-refractivity contribution < 1.29 is 19.2 Å². The first-order chi connectivity index (χ1) is 12.5. The molecule has 1 rings (SSSR count). The summed E-state index contributed by atoms with van der Waals surface area (Å²) in [7, 11) is 0. The molecule has 4 amide bonds. The first kappa shape index (κ1) is 21.8. The molecule has 0 aliphatic heterocycles. The summed E-state index contributed by atoms with van der Waals surface area (Å²) >= 11 is 0. The van der Waals surface area contributed by atoms with Gasteiger partial charge in [-0.25, -0.2) is 5.43 Å². The molecule has 0 bridgehead atoms. The second kappa shape index (κ2) is 9.46. The van der Waals surface area contributed by atoms with Gasteiger partial charge in [-0.15, -0.1) is 0 Å². The van der Waals surface area contributed by atoms with Gasteiger partial charge in [0.1, 0.15) is 0 Å². The van der Waals surface area contributed by atoms with Crippen molar-refractivity contribution in [3.05, 3.63) is 24.3 Å². The molecule has 0 radical (unpaired) electrons. The molecule has 0 heterocycles. The van der Waals surface area contributed by atoms with Crippen molar-refractivity contribution in [1.82, 2.24) is 10.7 Å². The Hall–Kier alpha value is -3.23. The summed E-state index contributed by atoms with van der Waals surface area (Å²) in [5.74, 6) is -2.37. The third-order valence-corrected chi connectivity index (χ3v) is 2.97. The van der Waals surface area contributed by atoms with Crippen molar-refractivity contribution in [2.24, 2.45) is 5.10 Å². The number of hydrazone groups is 1. The van der Waals surface area contributed by atoms with Gasteiger partial charge in [-0.05, 0) is 39.8 Å². The van der Waals surface area contributed by atoms with Gasteiger partial charge in [-0.2, -0.15) is 5.10 Å². The van der Waals surface area contributed by atoms with Crippen molar-refractivity contribution in [3.8, 4) is 0 Å². The molecular weight excluding hydrogens is 350 g/mol. The van der Waals surface area contributed by atoms with E-state index in [0.29, 0.717) is 17.1 Å². The van der Waals surface area contributed by atoms with Crippen LogP contribution in [-0.4, -0.2) is 34.9 Å². The highest BCUT2D eigenvalue weighted by atomic mass is 16.2. The third-order valence-electron chi connectivity index (χ3n) is 2.97. The molecule has 1 aromatic rings. The van der Waals surface area contributed by atoms with E-state index < -0.39 is 17.4 Å². The lowest BCUT2D eigenvalue weighted by molar-refractivity contribution is -0.140. The van der Waals surface area contributed by atoms with Gasteiger partial charge >= 0.3 is 11.8 Å². The number of carbonyl (C=O) groups excluding carboxylic acids is 4. The molecule has 0 aliphatic carbocycles. The molecule has 9 nitrogen and oxygen atoms in total. The maximum atomic E-state index is 12.1. The zero-order valence-corrected chi connectivity index (χ0v) is 16.1. The zero-order valence-electron chi connectivity index (χ0n) is 16.1. The molecule has 0 unspecified atom stereocenters. The number of hydrogen-bond acceptors (Lipinski definition) is 5. The summed E-state index contributed by atoms with van der Waals surface area (Å²) in [5, 5.41) is 11.5. The Balaban J connectivity index is 2.62. The maximum Gasteiger partial charge on any atom is 0.329 e. The molecule has 0 fully saturated rings. The highest BCUT2D eigenvalue weighted by Crippen LogP contribution is 2.21. The third kappa shape index (κ3) is 8.61. The van der Waals surface area contributed by atoms with Crippen LogP contribution in [0.1, 0.15) is 41.0 Å². The average Bonchev–Trinajstić information content (AvgIpc) is 2.52. The fourth-order valence-electron chi connectivity index (χ4n) is 1.95. The van der Waals surface area contributed by atoms with Gasteiger partial charge in [0, 0.05) is 18.2 Å². The Morgan fingerprint density at radius 3 is 2.00 bits per heavy atom. The van der Waals surface area contributed by atoms with Crippen LogP contribution >= 0.6 is 0 Å². The van der Waals surface area contributed by atoms with Crippen LogP contribution in [-0.2, 0) is 19.2 Å². The monoisotopic (exact) mass is 375 g/mol. The predicted molar refractivity (Wildman–Crippen MR) is 103 cm³/mol. The molecule has 0 aromatic heterocycles. The molecule has 1 aromatic carbocycles. The van der Waals surface area contributed by atoms with Crippen LogP contribution in [0.15, 0.2) is 29.4 Å². The van der Waals surface area contributed by atoms with Crippen LogP contribution in [0.4, 0.5) is 11.4 Å². The van der Waals surface area contributed by atoms with Crippen LogP contribution < -0.4 is 21.4 Å². The number of carbonyl (C=O) groups is 4. The smallest absolute Gasteiger partial charge is 0.329 e. The summed E-state index contributed by atoms with van der Waals surface area (Å²) < 4.78 is 0. The van der Waals surface area contributed by atoms with Crippen molar-refractivity contribution in [2.45, 2.75) is 46.6 Å². The predicted octanol–water partition coefficient (Wildman–Crippen LogP) is 1.38. The second-order valence-corrected chi connectivity index (χ2v) is 6.94. The molecule has 0 aliphatic rings. The molecule has 0 spiro atoms.